The molecule has 0 aromatic carbocycles. The second-order valence-electron chi connectivity index (χ2n) is 3.96. The number of nitrogens with zero attached hydrogens (tertiary/aromatic N) is 3. The van der Waals surface area contributed by atoms with Gasteiger partial charge >= 0.3 is 0 Å². The van der Waals surface area contributed by atoms with Gasteiger partial charge in [-0.15, -0.1) is 5.10 Å². The van der Waals surface area contributed by atoms with Crippen LogP contribution in [0.1, 0.15) is 19.3 Å². The first kappa shape index (κ1) is 11.1. The maximum atomic E-state index is 11.6. The van der Waals surface area contributed by atoms with Crippen LogP contribution in [0.2, 0.25) is 0 Å². The zero-order valence-corrected chi connectivity index (χ0v) is 9.22. The lowest BCUT2D eigenvalue weighted by atomic mass is 10.2. The van der Waals surface area contributed by atoms with Crippen molar-refractivity contribution in [3.8, 4) is 0 Å². The van der Waals surface area contributed by atoms with Gasteiger partial charge < -0.3 is 10.6 Å². The van der Waals surface area contributed by atoms with Crippen LogP contribution in [0, 0.1) is 0 Å². The first-order valence-electron chi connectivity index (χ1n) is 5.71. The van der Waals surface area contributed by atoms with Crippen molar-refractivity contribution in [3.05, 3.63) is 12.4 Å². The standard InChI is InChI=1S/C10H17N5O/c16-10(9-3-1-4-11-9)12-5-2-7-15-8-6-13-14-15/h6,8-9,11H,1-5,7H2,(H,12,16)/t9-/m0/s1. The fraction of sp³-hybridized carbons (Fsp3) is 0.700. The number of aromatic nitrogens is 3. The molecule has 2 rings (SSSR count). The van der Waals surface area contributed by atoms with Crippen LogP contribution in [-0.2, 0) is 11.3 Å². The number of carbonyl (C=O) groups excluding carboxylic acids is 1. The molecule has 2 heterocycles. The van der Waals surface area contributed by atoms with Crippen molar-refractivity contribution in [1.82, 2.24) is 25.6 Å². The third kappa shape index (κ3) is 3.03. The molecule has 0 radical (unpaired) electrons. The fourth-order valence-corrected chi connectivity index (χ4v) is 1.84. The number of aryl methyl sites for hydroxylation is 1. The molecule has 1 amide bonds. The van der Waals surface area contributed by atoms with E-state index in [0.717, 1.165) is 32.4 Å². The molecule has 2 N–H and O–H groups in total. The number of hydrogen-bond acceptors (Lipinski definition) is 4. The van der Waals surface area contributed by atoms with Crippen molar-refractivity contribution < 1.29 is 4.79 Å². The average molecular weight is 223 g/mol. The summed E-state index contributed by atoms with van der Waals surface area (Å²) >= 11 is 0. The van der Waals surface area contributed by atoms with E-state index >= 15 is 0 Å². The molecule has 1 aromatic heterocycles. The summed E-state index contributed by atoms with van der Waals surface area (Å²) in [5, 5.41) is 13.7. The molecule has 6 heteroatoms. The zero-order valence-electron chi connectivity index (χ0n) is 9.22. The molecule has 6 nitrogen and oxygen atoms in total. The maximum absolute atomic E-state index is 11.6. The Kier molecular flexibility index (Phi) is 3.87. The van der Waals surface area contributed by atoms with Crippen LogP contribution in [0.4, 0.5) is 0 Å². The van der Waals surface area contributed by atoms with Gasteiger partial charge in [0.25, 0.3) is 0 Å². The van der Waals surface area contributed by atoms with E-state index in [0.29, 0.717) is 6.54 Å². The van der Waals surface area contributed by atoms with Crippen LogP contribution in [0.25, 0.3) is 0 Å². The minimum absolute atomic E-state index is 0.0198. The maximum Gasteiger partial charge on any atom is 0.237 e. The summed E-state index contributed by atoms with van der Waals surface area (Å²) in [5.41, 5.74) is 0. The third-order valence-corrected chi connectivity index (χ3v) is 2.71. The Morgan fingerprint density at radius 2 is 2.56 bits per heavy atom. The Morgan fingerprint density at radius 3 is 3.25 bits per heavy atom. The van der Waals surface area contributed by atoms with Crippen LogP contribution in [-0.4, -0.2) is 40.0 Å². The number of nitrogens with one attached hydrogen (secondary N) is 2. The predicted molar refractivity (Wildman–Crippen MR) is 58.7 cm³/mol. The molecular weight excluding hydrogens is 206 g/mol. The zero-order chi connectivity index (χ0) is 11.2. The first-order valence-corrected chi connectivity index (χ1v) is 5.71. The SMILES string of the molecule is O=C(NCCCn1ccnn1)[C@@H]1CCCN1. The minimum Gasteiger partial charge on any atom is -0.355 e. The molecule has 88 valence electrons. The van der Waals surface area contributed by atoms with Gasteiger partial charge in [-0.2, -0.15) is 0 Å². The van der Waals surface area contributed by atoms with Crippen molar-refractivity contribution in [2.45, 2.75) is 31.8 Å². The van der Waals surface area contributed by atoms with Crippen molar-refractivity contribution in [1.29, 1.82) is 0 Å². The Hall–Kier alpha value is -1.43. The summed E-state index contributed by atoms with van der Waals surface area (Å²) in [6.07, 6.45) is 6.40. The molecular formula is C10H17N5O. The number of hydrogen-bond donors (Lipinski definition) is 2. The van der Waals surface area contributed by atoms with E-state index in [-0.39, 0.29) is 11.9 Å². The highest BCUT2D eigenvalue weighted by molar-refractivity contribution is 5.81. The van der Waals surface area contributed by atoms with Crippen LogP contribution < -0.4 is 10.6 Å². The molecule has 1 saturated heterocycles. The van der Waals surface area contributed by atoms with Crippen LogP contribution in [0.5, 0.6) is 0 Å². The predicted octanol–water partition coefficient (Wildman–Crippen LogP) is -0.464. The molecule has 16 heavy (non-hydrogen) atoms. The van der Waals surface area contributed by atoms with Crippen molar-refractivity contribution in [2.75, 3.05) is 13.1 Å². The summed E-state index contributed by atoms with van der Waals surface area (Å²) in [4.78, 5) is 11.6. The summed E-state index contributed by atoms with van der Waals surface area (Å²) in [5.74, 6) is 0.121. The summed E-state index contributed by atoms with van der Waals surface area (Å²) in [6, 6.07) is 0.0198. The second kappa shape index (κ2) is 5.60. The van der Waals surface area contributed by atoms with E-state index in [4.69, 9.17) is 0 Å². The van der Waals surface area contributed by atoms with Gasteiger partial charge in [0, 0.05) is 19.3 Å². The average Bonchev–Trinajstić information content (AvgIpc) is 2.96. The van der Waals surface area contributed by atoms with E-state index in [9.17, 15) is 4.79 Å². The molecule has 0 bridgehead atoms. The number of rotatable bonds is 5. The highest BCUT2D eigenvalue weighted by Crippen LogP contribution is 2.04. The summed E-state index contributed by atoms with van der Waals surface area (Å²) < 4.78 is 1.76. The Balaban J connectivity index is 1.59. The lowest BCUT2D eigenvalue weighted by Gasteiger charge is -2.10. The van der Waals surface area contributed by atoms with Gasteiger partial charge in [0.15, 0.2) is 0 Å². The Labute approximate surface area is 94.4 Å². The first-order chi connectivity index (χ1) is 7.86. The Morgan fingerprint density at radius 1 is 1.62 bits per heavy atom. The van der Waals surface area contributed by atoms with Gasteiger partial charge in [-0.25, -0.2) is 0 Å². The molecule has 1 aliphatic rings. The quantitative estimate of drug-likeness (QED) is 0.662. The number of amides is 1. The van der Waals surface area contributed by atoms with Crippen LogP contribution in [0.15, 0.2) is 12.4 Å². The van der Waals surface area contributed by atoms with E-state index < -0.39 is 0 Å². The number of carbonyl (C=O) groups is 1. The molecule has 1 aliphatic heterocycles. The van der Waals surface area contributed by atoms with Crippen molar-refractivity contribution >= 4 is 5.91 Å². The van der Waals surface area contributed by atoms with Gasteiger partial charge in [0.1, 0.15) is 0 Å². The van der Waals surface area contributed by atoms with Gasteiger partial charge in [0.2, 0.25) is 5.91 Å². The smallest absolute Gasteiger partial charge is 0.237 e. The molecule has 1 atom stereocenters. The highest BCUT2D eigenvalue weighted by Gasteiger charge is 2.20. The highest BCUT2D eigenvalue weighted by atomic mass is 16.2. The van der Waals surface area contributed by atoms with Gasteiger partial charge in [-0.1, -0.05) is 5.21 Å². The monoisotopic (exact) mass is 223 g/mol. The van der Waals surface area contributed by atoms with Crippen molar-refractivity contribution in [3.63, 3.8) is 0 Å². The second-order valence-corrected chi connectivity index (χ2v) is 3.96. The normalized spacial score (nSPS) is 19.9. The molecule has 0 unspecified atom stereocenters. The molecule has 1 aromatic rings. The van der Waals surface area contributed by atoms with E-state index in [1.807, 2.05) is 6.20 Å². The lowest BCUT2D eigenvalue weighted by Crippen LogP contribution is -2.40. The fourth-order valence-electron chi connectivity index (χ4n) is 1.84. The minimum atomic E-state index is 0.0198. The largest absolute Gasteiger partial charge is 0.355 e. The summed E-state index contributed by atoms with van der Waals surface area (Å²) in [6.45, 7) is 2.44. The van der Waals surface area contributed by atoms with Gasteiger partial charge in [0.05, 0.1) is 12.2 Å². The van der Waals surface area contributed by atoms with E-state index in [2.05, 4.69) is 20.9 Å². The van der Waals surface area contributed by atoms with E-state index in [1.165, 1.54) is 0 Å². The van der Waals surface area contributed by atoms with Crippen LogP contribution in [0.3, 0.4) is 0 Å². The molecule has 1 fully saturated rings. The Bertz CT molecular complexity index is 318. The molecule has 0 aliphatic carbocycles. The third-order valence-electron chi connectivity index (χ3n) is 2.71. The molecule has 0 spiro atoms. The van der Waals surface area contributed by atoms with Gasteiger partial charge in [-0.05, 0) is 25.8 Å². The van der Waals surface area contributed by atoms with Crippen LogP contribution >= 0.6 is 0 Å². The summed E-state index contributed by atoms with van der Waals surface area (Å²) in [7, 11) is 0. The van der Waals surface area contributed by atoms with Crippen molar-refractivity contribution in [2.24, 2.45) is 0 Å². The lowest BCUT2D eigenvalue weighted by molar-refractivity contribution is -0.122. The topological polar surface area (TPSA) is 71.8 Å². The van der Waals surface area contributed by atoms with Gasteiger partial charge in [-0.3, -0.25) is 9.48 Å². The molecule has 0 saturated carbocycles. The van der Waals surface area contributed by atoms with E-state index in [1.54, 1.807) is 10.9 Å².